The summed E-state index contributed by atoms with van der Waals surface area (Å²) in [6.07, 6.45) is 0. The molecule has 2 amide bonds. The van der Waals surface area contributed by atoms with Gasteiger partial charge < -0.3 is 5.73 Å². The standard InChI is InChI=1S/C9H11N3O2S/c1-5-3-4-7(15-5)6(2)11-12-9(14)8(10)13/h3-4H,1-2H3,(H2,10,13)(H,12,14)/b11-6+. The lowest BCUT2D eigenvalue weighted by atomic mass is 10.3. The maximum atomic E-state index is 10.8. The van der Waals surface area contributed by atoms with Crippen molar-refractivity contribution >= 4 is 28.9 Å². The van der Waals surface area contributed by atoms with Crippen LogP contribution in [0.3, 0.4) is 0 Å². The molecule has 5 nitrogen and oxygen atoms in total. The van der Waals surface area contributed by atoms with Gasteiger partial charge >= 0.3 is 11.8 Å². The Morgan fingerprint density at radius 1 is 1.47 bits per heavy atom. The lowest BCUT2D eigenvalue weighted by molar-refractivity contribution is -0.137. The lowest BCUT2D eigenvalue weighted by Gasteiger charge is -1.97. The third-order valence-corrected chi connectivity index (χ3v) is 2.76. The molecule has 0 aliphatic carbocycles. The molecule has 6 heteroatoms. The van der Waals surface area contributed by atoms with E-state index in [2.05, 4.69) is 10.5 Å². The zero-order valence-electron chi connectivity index (χ0n) is 8.40. The molecule has 0 atom stereocenters. The Kier molecular flexibility index (Phi) is 3.56. The molecule has 1 rings (SSSR count). The van der Waals surface area contributed by atoms with Crippen LogP contribution in [0.15, 0.2) is 17.2 Å². The minimum Gasteiger partial charge on any atom is -0.361 e. The summed E-state index contributed by atoms with van der Waals surface area (Å²) in [4.78, 5) is 23.3. The Morgan fingerprint density at radius 3 is 2.60 bits per heavy atom. The van der Waals surface area contributed by atoms with E-state index in [1.165, 1.54) is 0 Å². The van der Waals surface area contributed by atoms with Crippen molar-refractivity contribution in [3.8, 4) is 0 Å². The third kappa shape index (κ3) is 3.17. The first kappa shape index (κ1) is 11.4. The molecule has 15 heavy (non-hydrogen) atoms. The minimum atomic E-state index is -1.05. The van der Waals surface area contributed by atoms with Gasteiger partial charge in [0.05, 0.1) is 10.6 Å². The monoisotopic (exact) mass is 225 g/mol. The predicted octanol–water partition coefficient (Wildman–Crippen LogP) is 0.382. The molecule has 0 unspecified atom stereocenters. The number of nitrogens with two attached hydrogens (primary N) is 1. The van der Waals surface area contributed by atoms with Crippen LogP contribution in [0.5, 0.6) is 0 Å². The van der Waals surface area contributed by atoms with Crippen molar-refractivity contribution in [1.82, 2.24) is 5.43 Å². The summed E-state index contributed by atoms with van der Waals surface area (Å²) in [7, 11) is 0. The molecule has 3 N–H and O–H groups in total. The van der Waals surface area contributed by atoms with Crippen molar-refractivity contribution < 1.29 is 9.59 Å². The number of nitrogens with one attached hydrogen (secondary N) is 1. The van der Waals surface area contributed by atoms with E-state index in [1.807, 2.05) is 19.1 Å². The molecule has 0 saturated carbocycles. The lowest BCUT2D eigenvalue weighted by Crippen LogP contribution is -2.33. The van der Waals surface area contributed by atoms with E-state index in [0.717, 1.165) is 9.75 Å². The van der Waals surface area contributed by atoms with Gasteiger partial charge in [-0.25, -0.2) is 5.43 Å². The summed E-state index contributed by atoms with van der Waals surface area (Å²) in [5.74, 6) is -1.96. The van der Waals surface area contributed by atoms with E-state index in [9.17, 15) is 9.59 Å². The molecule has 0 radical (unpaired) electrons. The van der Waals surface area contributed by atoms with Gasteiger partial charge in [-0.1, -0.05) is 0 Å². The summed E-state index contributed by atoms with van der Waals surface area (Å²) in [6, 6.07) is 3.85. The first-order valence-electron chi connectivity index (χ1n) is 4.21. The molecule has 0 fully saturated rings. The van der Waals surface area contributed by atoms with Gasteiger partial charge in [0.1, 0.15) is 0 Å². The average Bonchev–Trinajstić information content (AvgIpc) is 2.60. The van der Waals surface area contributed by atoms with Crippen molar-refractivity contribution in [2.45, 2.75) is 13.8 Å². The Morgan fingerprint density at radius 2 is 2.13 bits per heavy atom. The Labute approximate surface area is 91.0 Å². The summed E-state index contributed by atoms with van der Waals surface area (Å²) < 4.78 is 0. The maximum absolute atomic E-state index is 10.8. The number of carbonyl (C=O) groups is 2. The molecule has 1 aromatic rings. The Bertz CT molecular complexity index is 423. The van der Waals surface area contributed by atoms with Gasteiger partial charge in [-0.15, -0.1) is 11.3 Å². The van der Waals surface area contributed by atoms with Gasteiger partial charge in [0.15, 0.2) is 0 Å². The van der Waals surface area contributed by atoms with Crippen molar-refractivity contribution in [2.75, 3.05) is 0 Å². The van der Waals surface area contributed by atoms with Crippen LogP contribution in [0.2, 0.25) is 0 Å². The highest BCUT2D eigenvalue weighted by molar-refractivity contribution is 7.14. The number of hydrogen-bond acceptors (Lipinski definition) is 4. The Balaban J connectivity index is 2.69. The van der Waals surface area contributed by atoms with E-state index >= 15 is 0 Å². The van der Waals surface area contributed by atoms with Gasteiger partial charge in [-0.3, -0.25) is 9.59 Å². The second-order valence-electron chi connectivity index (χ2n) is 2.91. The fraction of sp³-hybridized carbons (Fsp3) is 0.222. The Hall–Kier alpha value is -1.69. The van der Waals surface area contributed by atoms with Crippen LogP contribution in [-0.2, 0) is 9.59 Å². The molecule has 0 aliphatic rings. The van der Waals surface area contributed by atoms with Crippen molar-refractivity contribution in [3.63, 3.8) is 0 Å². The first-order chi connectivity index (χ1) is 7.00. The number of hydrazone groups is 1. The largest absolute Gasteiger partial charge is 0.361 e. The highest BCUT2D eigenvalue weighted by Crippen LogP contribution is 2.15. The molecular formula is C9H11N3O2S. The summed E-state index contributed by atoms with van der Waals surface area (Å²) in [6.45, 7) is 3.72. The van der Waals surface area contributed by atoms with Gasteiger partial charge in [0, 0.05) is 4.88 Å². The van der Waals surface area contributed by atoms with E-state index in [-0.39, 0.29) is 0 Å². The molecule has 1 aromatic heterocycles. The normalized spacial score (nSPS) is 11.2. The number of primary amides is 1. The van der Waals surface area contributed by atoms with Gasteiger partial charge in [-0.2, -0.15) is 5.10 Å². The average molecular weight is 225 g/mol. The van der Waals surface area contributed by atoms with Crippen LogP contribution in [0, 0.1) is 6.92 Å². The second-order valence-corrected chi connectivity index (χ2v) is 4.20. The number of hydrogen-bond donors (Lipinski definition) is 2. The van der Waals surface area contributed by atoms with E-state index in [1.54, 1.807) is 18.3 Å². The zero-order chi connectivity index (χ0) is 11.4. The molecule has 0 saturated heterocycles. The van der Waals surface area contributed by atoms with Gasteiger partial charge in [0.25, 0.3) is 0 Å². The highest BCUT2D eigenvalue weighted by atomic mass is 32.1. The number of nitrogens with zero attached hydrogens (tertiary/aromatic N) is 1. The maximum Gasteiger partial charge on any atom is 0.329 e. The molecule has 0 spiro atoms. The highest BCUT2D eigenvalue weighted by Gasteiger charge is 2.07. The summed E-state index contributed by atoms with van der Waals surface area (Å²) >= 11 is 1.56. The van der Waals surface area contributed by atoms with Gasteiger partial charge in [-0.05, 0) is 26.0 Å². The molecule has 1 heterocycles. The van der Waals surface area contributed by atoms with E-state index in [0.29, 0.717) is 5.71 Å². The zero-order valence-corrected chi connectivity index (χ0v) is 9.22. The van der Waals surface area contributed by atoms with Crippen molar-refractivity contribution in [2.24, 2.45) is 10.8 Å². The number of thiophene rings is 1. The summed E-state index contributed by atoms with van der Waals surface area (Å²) in [5.41, 5.74) is 7.46. The number of amides is 2. The third-order valence-electron chi connectivity index (χ3n) is 1.65. The van der Waals surface area contributed by atoms with Crippen LogP contribution in [0.1, 0.15) is 16.7 Å². The van der Waals surface area contributed by atoms with Crippen LogP contribution >= 0.6 is 11.3 Å². The molecule has 80 valence electrons. The molecule has 0 bridgehead atoms. The quantitative estimate of drug-likeness (QED) is 0.433. The SMILES string of the molecule is C/C(=N\NC(=O)C(N)=O)c1ccc(C)s1. The number of rotatable bonds is 2. The van der Waals surface area contributed by atoms with Crippen molar-refractivity contribution in [1.29, 1.82) is 0 Å². The minimum absolute atomic E-state index is 0.641. The van der Waals surface area contributed by atoms with Crippen LogP contribution < -0.4 is 11.2 Å². The van der Waals surface area contributed by atoms with Crippen molar-refractivity contribution in [3.05, 3.63) is 21.9 Å². The predicted molar refractivity (Wildman–Crippen MR) is 58.6 cm³/mol. The molecule has 0 aliphatic heterocycles. The smallest absolute Gasteiger partial charge is 0.329 e. The number of aryl methyl sites for hydroxylation is 1. The fourth-order valence-electron chi connectivity index (χ4n) is 0.874. The van der Waals surface area contributed by atoms with Gasteiger partial charge in [0.2, 0.25) is 0 Å². The topological polar surface area (TPSA) is 84.6 Å². The van der Waals surface area contributed by atoms with E-state index in [4.69, 9.17) is 5.73 Å². The number of carbonyl (C=O) groups excluding carboxylic acids is 2. The van der Waals surface area contributed by atoms with Crippen LogP contribution in [0.25, 0.3) is 0 Å². The second kappa shape index (κ2) is 4.70. The van der Waals surface area contributed by atoms with E-state index < -0.39 is 11.8 Å². The molecular weight excluding hydrogens is 214 g/mol. The molecule has 0 aromatic carbocycles. The fourth-order valence-corrected chi connectivity index (χ4v) is 1.69. The summed E-state index contributed by atoms with van der Waals surface area (Å²) in [5, 5.41) is 3.76. The first-order valence-corrected chi connectivity index (χ1v) is 5.03. The van der Waals surface area contributed by atoms with Crippen LogP contribution in [-0.4, -0.2) is 17.5 Å². The van der Waals surface area contributed by atoms with Crippen LogP contribution in [0.4, 0.5) is 0 Å².